The predicted molar refractivity (Wildman–Crippen MR) is 123 cm³/mol. The molecule has 0 spiro atoms. The van der Waals surface area contributed by atoms with Gasteiger partial charge in [0.1, 0.15) is 22.3 Å². The van der Waals surface area contributed by atoms with E-state index in [1.165, 1.54) is 0 Å². The highest BCUT2D eigenvalue weighted by molar-refractivity contribution is 9.11. The minimum atomic E-state index is 0.931. The normalized spacial score (nSPS) is 11.2. The van der Waals surface area contributed by atoms with E-state index in [-0.39, 0.29) is 0 Å². The van der Waals surface area contributed by atoms with Crippen molar-refractivity contribution in [1.82, 2.24) is 0 Å². The molecule has 6 aromatic rings. The van der Waals surface area contributed by atoms with E-state index in [1.807, 2.05) is 72.8 Å². The molecule has 0 N–H and O–H groups in total. The van der Waals surface area contributed by atoms with Crippen molar-refractivity contribution in [2.24, 2.45) is 0 Å². The molecule has 0 fully saturated rings. The second-order valence-corrected chi connectivity index (χ2v) is 8.13. The van der Waals surface area contributed by atoms with Crippen molar-refractivity contribution in [2.45, 2.75) is 0 Å². The number of hydrogen-bond donors (Lipinski definition) is 0. The van der Waals surface area contributed by atoms with Gasteiger partial charge in [0.15, 0.2) is 0 Å². The average Bonchev–Trinajstić information content (AvgIpc) is 3.28. The van der Waals surface area contributed by atoms with Crippen molar-refractivity contribution in [3.05, 3.63) is 93.9 Å². The lowest BCUT2D eigenvalue weighted by Gasteiger charge is -1.91. The van der Waals surface area contributed by atoms with Crippen molar-refractivity contribution in [2.75, 3.05) is 0 Å². The summed E-state index contributed by atoms with van der Waals surface area (Å²) in [7, 11) is 0. The van der Waals surface area contributed by atoms with E-state index in [0.717, 1.165) is 52.8 Å². The highest BCUT2D eigenvalue weighted by Gasteiger charge is 2.08. The Bertz CT molecular complexity index is 1330. The fourth-order valence-electron chi connectivity index (χ4n) is 3.46. The molecule has 0 aliphatic heterocycles. The first-order valence-electron chi connectivity index (χ1n) is 8.84. The Morgan fingerprint density at radius 1 is 0.429 bits per heavy atom. The molecule has 0 saturated carbocycles. The van der Waals surface area contributed by atoms with Crippen LogP contribution in [0.4, 0.5) is 0 Å². The summed E-state index contributed by atoms with van der Waals surface area (Å²) in [6, 6.07) is 28.1. The second kappa shape index (κ2) is 7.12. The molecular weight excluding hydrogens is 480 g/mol. The number of para-hydroxylation sites is 2. The molecule has 0 atom stereocenters. The van der Waals surface area contributed by atoms with Gasteiger partial charge in [0.2, 0.25) is 0 Å². The van der Waals surface area contributed by atoms with Crippen molar-refractivity contribution in [3.8, 4) is 0 Å². The van der Waals surface area contributed by atoms with Crippen LogP contribution in [0.25, 0.3) is 43.9 Å². The van der Waals surface area contributed by atoms with Gasteiger partial charge in [-0.3, -0.25) is 0 Å². The van der Waals surface area contributed by atoms with E-state index in [2.05, 4.69) is 44.0 Å². The minimum Gasteiger partial charge on any atom is -0.456 e. The molecule has 2 aromatic heterocycles. The van der Waals surface area contributed by atoms with Crippen molar-refractivity contribution >= 4 is 75.7 Å². The van der Waals surface area contributed by atoms with E-state index >= 15 is 0 Å². The number of halogens is 2. The van der Waals surface area contributed by atoms with Gasteiger partial charge in [0.25, 0.3) is 0 Å². The standard InChI is InChI=1S/2C12H7BrO/c2*13-9-5-3-7-11-12(9)8-4-1-2-6-10(8)14-11/h2*1-7H. The SMILES string of the molecule is Brc1cccc2oc3ccccc3c12.Brc1cccc2oc3ccccc3c12. The summed E-state index contributed by atoms with van der Waals surface area (Å²) in [6.07, 6.45) is 0. The van der Waals surface area contributed by atoms with Gasteiger partial charge in [0.05, 0.1) is 0 Å². The largest absolute Gasteiger partial charge is 0.456 e. The Kier molecular flexibility index (Phi) is 4.46. The molecule has 0 aliphatic rings. The Morgan fingerprint density at radius 2 is 0.821 bits per heavy atom. The van der Waals surface area contributed by atoms with Crippen LogP contribution in [0.2, 0.25) is 0 Å². The van der Waals surface area contributed by atoms with E-state index in [1.54, 1.807) is 0 Å². The van der Waals surface area contributed by atoms with Crippen molar-refractivity contribution < 1.29 is 8.83 Å². The molecule has 2 heterocycles. The van der Waals surface area contributed by atoms with Gasteiger partial charge in [-0.05, 0) is 36.4 Å². The number of rotatable bonds is 0. The molecule has 4 heteroatoms. The third kappa shape index (κ3) is 2.93. The lowest BCUT2D eigenvalue weighted by atomic mass is 10.2. The number of benzene rings is 4. The maximum Gasteiger partial charge on any atom is 0.136 e. The van der Waals surface area contributed by atoms with Crippen LogP contribution in [0.15, 0.2) is 103 Å². The quantitative estimate of drug-likeness (QED) is 0.211. The van der Waals surface area contributed by atoms with Gasteiger partial charge in [-0.25, -0.2) is 0 Å². The summed E-state index contributed by atoms with van der Waals surface area (Å²) < 4.78 is 13.6. The summed E-state index contributed by atoms with van der Waals surface area (Å²) in [5.74, 6) is 0. The van der Waals surface area contributed by atoms with Crippen LogP contribution >= 0.6 is 31.9 Å². The van der Waals surface area contributed by atoms with Crippen LogP contribution < -0.4 is 0 Å². The van der Waals surface area contributed by atoms with Crippen LogP contribution in [0.1, 0.15) is 0 Å². The fraction of sp³-hybridized carbons (Fsp3) is 0. The fourth-order valence-corrected chi connectivity index (χ4v) is 4.59. The molecule has 6 rings (SSSR count). The monoisotopic (exact) mass is 492 g/mol. The molecule has 0 unspecified atom stereocenters. The van der Waals surface area contributed by atoms with E-state index < -0.39 is 0 Å². The van der Waals surface area contributed by atoms with Crippen molar-refractivity contribution in [1.29, 1.82) is 0 Å². The van der Waals surface area contributed by atoms with Gasteiger partial charge in [-0.15, -0.1) is 0 Å². The highest BCUT2D eigenvalue weighted by Crippen LogP contribution is 2.34. The first-order chi connectivity index (χ1) is 13.7. The third-order valence-electron chi connectivity index (χ3n) is 4.70. The molecule has 4 aromatic carbocycles. The van der Waals surface area contributed by atoms with Gasteiger partial charge in [0, 0.05) is 30.5 Å². The topological polar surface area (TPSA) is 26.3 Å². The number of furan rings is 2. The Hall–Kier alpha value is -2.56. The first kappa shape index (κ1) is 17.5. The number of fused-ring (bicyclic) bond motifs is 6. The van der Waals surface area contributed by atoms with Crippen LogP contribution in [0.3, 0.4) is 0 Å². The molecule has 0 aliphatic carbocycles. The van der Waals surface area contributed by atoms with E-state index in [9.17, 15) is 0 Å². The zero-order valence-electron chi connectivity index (χ0n) is 14.7. The maximum atomic E-state index is 5.70. The van der Waals surface area contributed by atoms with Crippen LogP contribution in [0.5, 0.6) is 0 Å². The maximum absolute atomic E-state index is 5.70. The molecular formula is C24H14Br2O2. The summed E-state index contributed by atoms with van der Waals surface area (Å²) in [4.78, 5) is 0. The summed E-state index contributed by atoms with van der Waals surface area (Å²) >= 11 is 7.07. The van der Waals surface area contributed by atoms with Gasteiger partial charge < -0.3 is 8.83 Å². The summed E-state index contributed by atoms with van der Waals surface area (Å²) in [5.41, 5.74) is 3.74. The molecule has 28 heavy (non-hydrogen) atoms. The van der Waals surface area contributed by atoms with Gasteiger partial charge in [-0.1, -0.05) is 80.4 Å². The zero-order valence-corrected chi connectivity index (χ0v) is 17.8. The van der Waals surface area contributed by atoms with Gasteiger partial charge >= 0.3 is 0 Å². The van der Waals surface area contributed by atoms with Crippen LogP contribution in [-0.2, 0) is 0 Å². The molecule has 0 amide bonds. The molecule has 2 nitrogen and oxygen atoms in total. The highest BCUT2D eigenvalue weighted by atomic mass is 79.9. The third-order valence-corrected chi connectivity index (χ3v) is 6.03. The lowest BCUT2D eigenvalue weighted by molar-refractivity contribution is 0.668. The second-order valence-electron chi connectivity index (χ2n) is 6.42. The van der Waals surface area contributed by atoms with E-state index in [0.29, 0.717) is 0 Å². The van der Waals surface area contributed by atoms with Crippen LogP contribution in [0, 0.1) is 0 Å². The minimum absolute atomic E-state index is 0.931. The van der Waals surface area contributed by atoms with Crippen LogP contribution in [-0.4, -0.2) is 0 Å². The lowest BCUT2D eigenvalue weighted by Crippen LogP contribution is -1.67. The average molecular weight is 494 g/mol. The molecule has 136 valence electrons. The Labute approximate surface area is 178 Å². The van der Waals surface area contributed by atoms with Crippen molar-refractivity contribution in [3.63, 3.8) is 0 Å². The van der Waals surface area contributed by atoms with Gasteiger partial charge in [-0.2, -0.15) is 0 Å². The molecule has 0 saturated heterocycles. The number of hydrogen-bond acceptors (Lipinski definition) is 2. The summed E-state index contributed by atoms with van der Waals surface area (Å²) in [6.45, 7) is 0. The smallest absolute Gasteiger partial charge is 0.136 e. The predicted octanol–water partition coefficient (Wildman–Crippen LogP) is 8.70. The zero-order chi connectivity index (χ0) is 19.1. The first-order valence-corrected chi connectivity index (χ1v) is 10.4. The molecule has 0 bridgehead atoms. The Morgan fingerprint density at radius 3 is 1.29 bits per heavy atom. The Balaban J connectivity index is 0.000000122. The summed E-state index contributed by atoms with van der Waals surface area (Å²) in [5, 5.41) is 4.64. The molecule has 0 radical (unpaired) electrons. The van der Waals surface area contributed by atoms with E-state index in [4.69, 9.17) is 8.83 Å².